The lowest BCUT2D eigenvalue weighted by Gasteiger charge is -2.14. The van der Waals surface area contributed by atoms with E-state index in [9.17, 15) is 8.42 Å². The first-order valence-electron chi connectivity index (χ1n) is 5.75. The molecule has 1 aromatic rings. The van der Waals surface area contributed by atoms with Crippen molar-refractivity contribution in [2.24, 2.45) is 0 Å². The topological polar surface area (TPSA) is 72.2 Å². The molecule has 1 N–H and O–H groups in total. The first kappa shape index (κ1) is 14.2. The molecule has 0 aliphatic heterocycles. The molecule has 0 bridgehead atoms. The maximum Gasteiger partial charge on any atom is 0.191 e. The Balaban J connectivity index is 2.55. The van der Waals surface area contributed by atoms with Gasteiger partial charge in [0.15, 0.2) is 5.89 Å². The molecule has 0 aromatic carbocycles. The molecule has 0 radical (unpaired) electrons. The summed E-state index contributed by atoms with van der Waals surface area (Å²) in [7, 11) is -2.88. The molecule has 0 saturated carbocycles. The fourth-order valence-electron chi connectivity index (χ4n) is 1.69. The van der Waals surface area contributed by atoms with Gasteiger partial charge in [0.1, 0.15) is 16.1 Å². The second-order valence-electron chi connectivity index (χ2n) is 4.17. The van der Waals surface area contributed by atoms with E-state index in [0.29, 0.717) is 12.3 Å². The molecule has 1 aromatic heterocycles. The Morgan fingerprint density at radius 1 is 1.53 bits per heavy atom. The van der Waals surface area contributed by atoms with Crippen molar-refractivity contribution >= 4 is 9.84 Å². The Kier molecular flexibility index (Phi) is 5.14. The van der Waals surface area contributed by atoms with Gasteiger partial charge in [0.05, 0.1) is 11.7 Å². The largest absolute Gasteiger partial charge is 0.449 e. The summed E-state index contributed by atoms with van der Waals surface area (Å²) in [5.41, 5.74) is 0.845. The predicted molar refractivity (Wildman–Crippen MR) is 66.6 cm³/mol. The number of nitrogens with zero attached hydrogens (tertiary/aromatic N) is 1. The lowest BCUT2D eigenvalue weighted by atomic mass is 10.1. The molecule has 0 fully saturated rings. The van der Waals surface area contributed by atoms with E-state index in [1.807, 2.05) is 6.92 Å². The zero-order valence-electron chi connectivity index (χ0n) is 10.6. The van der Waals surface area contributed by atoms with Crippen molar-refractivity contribution in [1.82, 2.24) is 10.3 Å². The lowest BCUT2D eigenvalue weighted by Crippen LogP contribution is -2.22. The van der Waals surface area contributed by atoms with Crippen LogP contribution in [-0.2, 0) is 9.84 Å². The van der Waals surface area contributed by atoms with Crippen LogP contribution in [0.2, 0.25) is 0 Å². The molecule has 0 amide bonds. The zero-order valence-corrected chi connectivity index (χ0v) is 11.4. The van der Waals surface area contributed by atoms with Crippen LogP contribution >= 0.6 is 0 Å². The van der Waals surface area contributed by atoms with Crippen LogP contribution in [-0.4, -0.2) is 32.0 Å². The summed E-state index contributed by atoms with van der Waals surface area (Å²) < 4.78 is 27.3. The molecule has 0 saturated heterocycles. The molecule has 1 heterocycles. The van der Waals surface area contributed by atoms with Gasteiger partial charge in [-0.3, -0.25) is 0 Å². The molecule has 1 atom stereocenters. The van der Waals surface area contributed by atoms with E-state index < -0.39 is 9.84 Å². The number of aryl methyl sites for hydroxylation is 1. The van der Waals surface area contributed by atoms with Gasteiger partial charge in [-0.25, -0.2) is 13.4 Å². The Morgan fingerprint density at radius 3 is 2.71 bits per heavy atom. The van der Waals surface area contributed by atoms with E-state index >= 15 is 0 Å². The zero-order chi connectivity index (χ0) is 12.9. The number of oxazole rings is 1. The van der Waals surface area contributed by atoms with E-state index in [2.05, 4.69) is 10.3 Å². The Bertz CT molecular complexity index is 439. The van der Waals surface area contributed by atoms with Gasteiger partial charge >= 0.3 is 0 Å². The predicted octanol–water partition coefficient (Wildman–Crippen LogP) is 1.46. The highest BCUT2D eigenvalue weighted by Gasteiger charge is 2.15. The summed E-state index contributed by atoms with van der Waals surface area (Å²) in [5, 5.41) is 3.28. The van der Waals surface area contributed by atoms with Crippen molar-refractivity contribution in [1.29, 1.82) is 0 Å². The van der Waals surface area contributed by atoms with Crippen LogP contribution in [0, 0.1) is 6.92 Å². The number of sulfone groups is 1. The van der Waals surface area contributed by atoms with Gasteiger partial charge in [-0.1, -0.05) is 6.92 Å². The SMILES string of the molecule is CCNC(CCCS(C)(=O)=O)c1coc(C)n1. The molecule has 0 spiro atoms. The fourth-order valence-corrected chi connectivity index (χ4v) is 2.38. The lowest BCUT2D eigenvalue weighted by molar-refractivity contribution is 0.489. The van der Waals surface area contributed by atoms with Gasteiger partial charge in [0.2, 0.25) is 0 Å². The third kappa shape index (κ3) is 5.32. The molecule has 98 valence electrons. The van der Waals surface area contributed by atoms with Crippen LogP contribution in [0.5, 0.6) is 0 Å². The van der Waals surface area contributed by atoms with Crippen molar-refractivity contribution in [3.05, 3.63) is 17.8 Å². The van der Waals surface area contributed by atoms with Gasteiger partial charge < -0.3 is 9.73 Å². The Morgan fingerprint density at radius 2 is 2.24 bits per heavy atom. The summed E-state index contributed by atoms with van der Waals surface area (Å²) in [6.45, 7) is 4.62. The molecule has 0 aliphatic carbocycles. The summed E-state index contributed by atoms with van der Waals surface area (Å²) >= 11 is 0. The van der Waals surface area contributed by atoms with E-state index in [1.165, 1.54) is 6.26 Å². The standard InChI is InChI=1S/C11H20N2O3S/c1-4-12-10(6-5-7-17(3,14)15)11-8-16-9(2)13-11/h8,10,12H,4-7H2,1-3H3. The van der Waals surface area contributed by atoms with Crippen LogP contribution in [0.1, 0.15) is 37.4 Å². The minimum atomic E-state index is -2.88. The van der Waals surface area contributed by atoms with Gasteiger partial charge in [-0.05, 0) is 19.4 Å². The Hall–Kier alpha value is -0.880. The van der Waals surface area contributed by atoms with E-state index in [0.717, 1.165) is 18.7 Å². The normalized spacial score (nSPS) is 13.8. The van der Waals surface area contributed by atoms with Crippen molar-refractivity contribution in [2.45, 2.75) is 32.7 Å². The Labute approximate surface area is 103 Å². The van der Waals surface area contributed by atoms with E-state index in [4.69, 9.17) is 4.42 Å². The maximum atomic E-state index is 11.1. The minimum Gasteiger partial charge on any atom is -0.449 e. The second-order valence-corrected chi connectivity index (χ2v) is 6.43. The summed E-state index contributed by atoms with van der Waals surface area (Å²) in [4.78, 5) is 4.27. The first-order valence-corrected chi connectivity index (χ1v) is 7.81. The van der Waals surface area contributed by atoms with E-state index in [1.54, 1.807) is 13.2 Å². The molecule has 17 heavy (non-hydrogen) atoms. The van der Waals surface area contributed by atoms with Crippen LogP contribution in [0.25, 0.3) is 0 Å². The van der Waals surface area contributed by atoms with Crippen molar-refractivity contribution in [3.63, 3.8) is 0 Å². The minimum absolute atomic E-state index is 0.0687. The molecule has 6 heteroatoms. The summed E-state index contributed by atoms with van der Waals surface area (Å²) in [6, 6.07) is 0.0687. The summed E-state index contributed by atoms with van der Waals surface area (Å²) in [6.07, 6.45) is 4.26. The highest BCUT2D eigenvalue weighted by molar-refractivity contribution is 7.90. The van der Waals surface area contributed by atoms with Crippen molar-refractivity contribution < 1.29 is 12.8 Å². The third-order valence-corrected chi connectivity index (χ3v) is 3.48. The first-order chi connectivity index (χ1) is 7.92. The van der Waals surface area contributed by atoms with Crippen LogP contribution in [0.3, 0.4) is 0 Å². The highest BCUT2D eigenvalue weighted by atomic mass is 32.2. The molecule has 0 aliphatic rings. The van der Waals surface area contributed by atoms with Gasteiger partial charge in [0.25, 0.3) is 0 Å². The van der Waals surface area contributed by atoms with Gasteiger partial charge in [-0.15, -0.1) is 0 Å². The van der Waals surface area contributed by atoms with Crippen LogP contribution in [0.4, 0.5) is 0 Å². The molecular formula is C11H20N2O3S. The van der Waals surface area contributed by atoms with Gasteiger partial charge in [-0.2, -0.15) is 0 Å². The second kappa shape index (κ2) is 6.16. The maximum absolute atomic E-state index is 11.1. The van der Waals surface area contributed by atoms with Crippen LogP contribution in [0.15, 0.2) is 10.7 Å². The average Bonchev–Trinajstić information content (AvgIpc) is 2.62. The molecule has 1 unspecified atom stereocenters. The van der Waals surface area contributed by atoms with Crippen molar-refractivity contribution in [2.75, 3.05) is 18.6 Å². The number of hydrogen-bond donors (Lipinski definition) is 1. The molecule has 1 rings (SSSR count). The van der Waals surface area contributed by atoms with Gasteiger partial charge in [0, 0.05) is 18.9 Å². The quantitative estimate of drug-likeness (QED) is 0.803. The highest BCUT2D eigenvalue weighted by Crippen LogP contribution is 2.18. The number of rotatable bonds is 7. The average molecular weight is 260 g/mol. The molecular weight excluding hydrogens is 240 g/mol. The monoisotopic (exact) mass is 260 g/mol. The summed E-state index contributed by atoms with van der Waals surface area (Å²) in [5.74, 6) is 0.845. The fraction of sp³-hybridized carbons (Fsp3) is 0.727. The number of nitrogens with one attached hydrogen (secondary N) is 1. The molecule has 5 nitrogen and oxygen atoms in total. The van der Waals surface area contributed by atoms with E-state index in [-0.39, 0.29) is 11.8 Å². The smallest absolute Gasteiger partial charge is 0.191 e. The van der Waals surface area contributed by atoms with Crippen molar-refractivity contribution in [3.8, 4) is 0 Å². The number of aromatic nitrogens is 1. The van der Waals surface area contributed by atoms with Crippen LogP contribution < -0.4 is 5.32 Å². The third-order valence-electron chi connectivity index (χ3n) is 2.45. The number of hydrogen-bond acceptors (Lipinski definition) is 5.